The molecule has 12 heavy (non-hydrogen) atoms. The zero-order valence-corrected chi connectivity index (χ0v) is 8.39. The molecule has 0 atom stereocenters. The third-order valence-corrected chi connectivity index (χ3v) is 2.08. The largest absolute Gasteiger partial charge is 0.493 e. The number of benzene rings is 1. The summed E-state index contributed by atoms with van der Waals surface area (Å²) in [6.07, 6.45) is 5.32. The first-order valence-electron chi connectivity index (χ1n) is 3.67. The fourth-order valence-electron chi connectivity index (χ4n) is 0.920. The number of hydrogen-bond donors (Lipinski definition) is 0. The van der Waals surface area contributed by atoms with Crippen LogP contribution in [0.2, 0.25) is 0 Å². The molecule has 0 radical (unpaired) electrons. The predicted molar refractivity (Wildman–Crippen MR) is 53.2 cm³/mol. The number of rotatable bonds is 2. The Kier molecular flexibility index (Phi) is 3.19. The van der Waals surface area contributed by atoms with E-state index >= 15 is 0 Å². The highest BCUT2D eigenvalue weighted by Gasteiger charge is 2.03. The smallest absolute Gasteiger partial charge is 0.136 e. The summed E-state index contributed by atoms with van der Waals surface area (Å²) < 4.78 is 6.24. The van der Waals surface area contributed by atoms with Gasteiger partial charge < -0.3 is 4.74 Å². The van der Waals surface area contributed by atoms with Crippen LogP contribution in [0.25, 0.3) is 0 Å². The number of terminal acetylenes is 1. The standard InChI is InChI=1S/C10H9BrO/c1-3-8-9(11)6-5-7-10(8)12-4-2/h1,5-7H,4H2,2H3. The number of halogens is 1. The van der Waals surface area contributed by atoms with Crippen LogP contribution in [0.5, 0.6) is 5.75 Å². The second-order valence-electron chi connectivity index (χ2n) is 2.19. The van der Waals surface area contributed by atoms with Gasteiger partial charge in [0.1, 0.15) is 5.75 Å². The number of hydrogen-bond acceptors (Lipinski definition) is 1. The van der Waals surface area contributed by atoms with E-state index < -0.39 is 0 Å². The molecular weight excluding hydrogens is 216 g/mol. The van der Waals surface area contributed by atoms with Crippen LogP contribution >= 0.6 is 15.9 Å². The van der Waals surface area contributed by atoms with E-state index in [9.17, 15) is 0 Å². The maximum atomic E-state index is 5.34. The zero-order valence-electron chi connectivity index (χ0n) is 6.80. The molecule has 0 aliphatic heterocycles. The Balaban J connectivity index is 3.11. The molecule has 0 aliphatic rings. The lowest BCUT2D eigenvalue weighted by atomic mass is 10.2. The predicted octanol–water partition coefficient (Wildman–Crippen LogP) is 2.83. The second-order valence-corrected chi connectivity index (χ2v) is 3.04. The minimum atomic E-state index is 0.630. The lowest BCUT2D eigenvalue weighted by Crippen LogP contribution is -1.94. The van der Waals surface area contributed by atoms with Gasteiger partial charge in [0.15, 0.2) is 0 Å². The molecule has 0 spiro atoms. The van der Waals surface area contributed by atoms with Crippen molar-refractivity contribution in [3.8, 4) is 18.1 Å². The third kappa shape index (κ3) is 1.80. The van der Waals surface area contributed by atoms with E-state index in [-0.39, 0.29) is 0 Å². The van der Waals surface area contributed by atoms with Gasteiger partial charge in [-0.05, 0) is 35.0 Å². The Morgan fingerprint density at radius 3 is 2.92 bits per heavy atom. The molecule has 1 aromatic carbocycles. The summed E-state index contributed by atoms with van der Waals surface area (Å²) in [5, 5.41) is 0. The van der Waals surface area contributed by atoms with Crippen LogP contribution in [0.1, 0.15) is 12.5 Å². The SMILES string of the molecule is C#Cc1c(Br)cccc1OCC. The van der Waals surface area contributed by atoms with Gasteiger partial charge in [0, 0.05) is 4.47 Å². The van der Waals surface area contributed by atoms with Gasteiger partial charge >= 0.3 is 0 Å². The molecule has 62 valence electrons. The summed E-state index contributed by atoms with van der Waals surface area (Å²) in [6, 6.07) is 5.66. The lowest BCUT2D eigenvalue weighted by Gasteiger charge is -2.06. The fourth-order valence-corrected chi connectivity index (χ4v) is 1.38. The molecule has 0 aromatic heterocycles. The molecule has 0 unspecified atom stereocenters. The quantitative estimate of drug-likeness (QED) is 0.703. The topological polar surface area (TPSA) is 9.23 Å². The summed E-state index contributed by atoms with van der Waals surface area (Å²) in [7, 11) is 0. The highest BCUT2D eigenvalue weighted by molar-refractivity contribution is 9.10. The molecule has 2 heteroatoms. The Labute approximate surface area is 80.9 Å². The lowest BCUT2D eigenvalue weighted by molar-refractivity contribution is 0.339. The second kappa shape index (κ2) is 4.18. The van der Waals surface area contributed by atoms with Crippen LogP contribution in [0.3, 0.4) is 0 Å². The van der Waals surface area contributed by atoms with Crippen molar-refractivity contribution in [2.45, 2.75) is 6.92 Å². The molecule has 0 fully saturated rings. The van der Waals surface area contributed by atoms with E-state index in [4.69, 9.17) is 11.2 Å². The molecule has 0 heterocycles. The van der Waals surface area contributed by atoms with Crippen molar-refractivity contribution in [2.24, 2.45) is 0 Å². The van der Waals surface area contributed by atoms with Crippen LogP contribution in [0.4, 0.5) is 0 Å². The van der Waals surface area contributed by atoms with E-state index in [0.29, 0.717) is 6.61 Å². The van der Waals surface area contributed by atoms with Crippen LogP contribution in [0, 0.1) is 12.3 Å². The van der Waals surface area contributed by atoms with Gasteiger partial charge in [-0.2, -0.15) is 0 Å². The van der Waals surface area contributed by atoms with Crippen molar-refractivity contribution in [2.75, 3.05) is 6.61 Å². The molecule has 1 nitrogen and oxygen atoms in total. The summed E-state index contributed by atoms with van der Waals surface area (Å²) in [6.45, 7) is 2.56. The van der Waals surface area contributed by atoms with Gasteiger partial charge in [0.2, 0.25) is 0 Å². The normalized spacial score (nSPS) is 9.08. The zero-order chi connectivity index (χ0) is 8.97. The first kappa shape index (κ1) is 9.15. The van der Waals surface area contributed by atoms with Gasteiger partial charge in [0.05, 0.1) is 12.2 Å². The molecule has 0 saturated carbocycles. The molecule has 0 amide bonds. The van der Waals surface area contributed by atoms with Crippen molar-refractivity contribution >= 4 is 15.9 Å². The summed E-state index contributed by atoms with van der Waals surface area (Å²) in [5.74, 6) is 3.34. The summed E-state index contributed by atoms with van der Waals surface area (Å²) in [5.41, 5.74) is 0.777. The maximum Gasteiger partial charge on any atom is 0.136 e. The molecule has 1 aromatic rings. The average molecular weight is 225 g/mol. The summed E-state index contributed by atoms with van der Waals surface area (Å²) in [4.78, 5) is 0. The minimum Gasteiger partial charge on any atom is -0.493 e. The first-order valence-corrected chi connectivity index (χ1v) is 4.46. The van der Waals surface area contributed by atoms with Crippen LogP contribution in [-0.2, 0) is 0 Å². The van der Waals surface area contributed by atoms with E-state index in [1.807, 2.05) is 25.1 Å². The molecule has 0 N–H and O–H groups in total. The number of ether oxygens (including phenoxy) is 1. The van der Waals surface area contributed by atoms with Crippen molar-refractivity contribution in [1.29, 1.82) is 0 Å². The van der Waals surface area contributed by atoms with E-state index in [0.717, 1.165) is 15.8 Å². The third-order valence-electron chi connectivity index (χ3n) is 1.42. The minimum absolute atomic E-state index is 0.630. The van der Waals surface area contributed by atoms with Crippen molar-refractivity contribution in [3.63, 3.8) is 0 Å². The van der Waals surface area contributed by atoms with Gasteiger partial charge in [-0.15, -0.1) is 6.42 Å². The van der Waals surface area contributed by atoms with Gasteiger partial charge in [0.25, 0.3) is 0 Å². The highest BCUT2D eigenvalue weighted by atomic mass is 79.9. The monoisotopic (exact) mass is 224 g/mol. The first-order chi connectivity index (χ1) is 5.79. The van der Waals surface area contributed by atoms with Crippen LogP contribution < -0.4 is 4.74 Å². The Morgan fingerprint density at radius 2 is 2.33 bits per heavy atom. The van der Waals surface area contributed by atoms with Crippen molar-refractivity contribution in [1.82, 2.24) is 0 Å². The average Bonchev–Trinajstić information content (AvgIpc) is 2.05. The van der Waals surface area contributed by atoms with Gasteiger partial charge in [-0.3, -0.25) is 0 Å². The maximum absolute atomic E-state index is 5.34. The van der Waals surface area contributed by atoms with E-state index in [1.165, 1.54) is 0 Å². The van der Waals surface area contributed by atoms with Crippen molar-refractivity contribution < 1.29 is 4.74 Å². The van der Waals surface area contributed by atoms with E-state index in [1.54, 1.807) is 0 Å². The van der Waals surface area contributed by atoms with Crippen LogP contribution in [-0.4, -0.2) is 6.61 Å². The Hall–Kier alpha value is -0.940. The highest BCUT2D eigenvalue weighted by Crippen LogP contribution is 2.25. The van der Waals surface area contributed by atoms with E-state index in [2.05, 4.69) is 21.9 Å². The molecule has 1 rings (SSSR count). The molecule has 0 aliphatic carbocycles. The summed E-state index contributed by atoms with van der Waals surface area (Å²) >= 11 is 3.35. The molecule has 0 bridgehead atoms. The van der Waals surface area contributed by atoms with Gasteiger partial charge in [-0.25, -0.2) is 0 Å². The Bertz CT molecular complexity index is 312. The van der Waals surface area contributed by atoms with Crippen LogP contribution in [0.15, 0.2) is 22.7 Å². The molecular formula is C10H9BrO. The van der Waals surface area contributed by atoms with Gasteiger partial charge in [-0.1, -0.05) is 12.0 Å². The molecule has 0 saturated heterocycles. The fraction of sp³-hybridized carbons (Fsp3) is 0.200. The van der Waals surface area contributed by atoms with Crippen molar-refractivity contribution in [3.05, 3.63) is 28.2 Å². The Morgan fingerprint density at radius 1 is 1.58 bits per heavy atom.